The number of rotatable bonds is 4. The van der Waals surface area contributed by atoms with Crippen LogP contribution in [0.1, 0.15) is 6.92 Å². The van der Waals surface area contributed by atoms with Gasteiger partial charge in [-0.3, -0.25) is 0 Å². The van der Waals surface area contributed by atoms with Crippen LogP contribution in [-0.2, 0) is 0 Å². The molecule has 15 heavy (non-hydrogen) atoms. The number of nitrogen functional groups attached to an aromatic ring is 1. The third kappa shape index (κ3) is 2.62. The van der Waals surface area contributed by atoms with Crippen molar-refractivity contribution in [1.29, 1.82) is 0 Å². The van der Waals surface area contributed by atoms with Crippen LogP contribution in [0.15, 0.2) is 24.8 Å². The van der Waals surface area contributed by atoms with Gasteiger partial charge in [0.15, 0.2) is 0 Å². The second kappa shape index (κ2) is 4.68. The third-order valence-electron chi connectivity index (χ3n) is 2.06. The first-order valence-corrected chi connectivity index (χ1v) is 4.60. The van der Waals surface area contributed by atoms with Crippen molar-refractivity contribution >= 4 is 11.4 Å². The fraction of sp³-hybridized carbons (Fsp3) is 0.273. The van der Waals surface area contributed by atoms with E-state index in [2.05, 4.69) is 11.9 Å². The number of hydrogen-bond acceptors (Lipinski definition) is 3. The lowest BCUT2D eigenvalue weighted by molar-refractivity contribution is 0.416. The Kier molecular flexibility index (Phi) is 3.55. The Morgan fingerprint density at radius 3 is 2.80 bits per heavy atom. The summed E-state index contributed by atoms with van der Waals surface area (Å²) < 4.78 is 18.4. The molecule has 0 aliphatic rings. The maximum Gasteiger partial charge on any atom is 0.148 e. The van der Waals surface area contributed by atoms with Crippen molar-refractivity contribution in [3.8, 4) is 5.75 Å². The zero-order valence-corrected chi connectivity index (χ0v) is 8.88. The standard InChI is InChI=1S/C11H15FN2O/c1-4-7(2)14-10-6-11(15-3)9(13)5-8(10)12/h4-7,14H,1,13H2,2-3H3. The first-order chi connectivity index (χ1) is 7.08. The smallest absolute Gasteiger partial charge is 0.148 e. The molecule has 0 spiro atoms. The molecular weight excluding hydrogens is 195 g/mol. The van der Waals surface area contributed by atoms with Crippen molar-refractivity contribution in [2.75, 3.05) is 18.2 Å². The van der Waals surface area contributed by atoms with E-state index in [-0.39, 0.29) is 11.7 Å². The highest BCUT2D eigenvalue weighted by Gasteiger charge is 2.09. The molecule has 1 rings (SSSR count). The van der Waals surface area contributed by atoms with Crippen LogP contribution < -0.4 is 15.8 Å². The molecule has 4 heteroatoms. The Morgan fingerprint density at radius 2 is 2.27 bits per heavy atom. The maximum absolute atomic E-state index is 13.4. The number of methoxy groups -OCH3 is 1. The second-order valence-corrected chi connectivity index (χ2v) is 3.24. The molecule has 0 aromatic heterocycles. The maximum atomic E-state index is 13.4. The summed E-state index contributed by atoms with van der Waals surface area (Å²) in [7, 11) is 1.49. The summed E-state index contributed by atoms with van der Waals surface area (Å²) >= 11 is 0. The number of anilines is 2. The van der Waals surface area contributed by atoms with Gasteiger partial charge in [0.1, 0.15) is 11.6 Å². The van der Waals surface area contributed by atoms with Crippen LogP contribution in [0, 0.1) is 5.82 Å². The number of benzene rings is 1. The van der Waals surface area contributed by atoms with Crippen LogP contribution in [0.4, 0.5) is 15.8 Å². The predicted molar refractivity (Wildman–Crippen MR) is 60.6 cm³/mol. The van der Waals surface area contributed by atoms with Gasteiger partial charge in [0.25, 0.3) is 0 Å². The van der Waals surface area contributed by atoms with Crippen molar-refractivity contribution in [3.05, 3.63) is 30.6 Å². The van der Waals surface area contributed by atoms with E-state index in [0.717, 1.165) is 0 Å². The van der Waals surface area contributed by atoms with Crippen LogP contribution in [0.2, 0.25) is 0 Å². The Hall–Kier alpha value is -1.71. The van der Waals surface area contributed by atoms with Gasteiger partial charge in [-0.1, -0.05) is 6.08 Å². The van der Waals surface area contributed by atoms with Crippen LogP contribution >= 0.6 is 0 Å². The molecule has 0 heterocycles. The van der Waals surface area contributed by atoms with Gasteiger partial charge in [0, 0.05) is 18.2 Å². The predicted octanol–water partition coefficient (Wildman–Crippen LogP) is 2.40. The zero-order chi connectivity index (χ0) is 11.4. The van der Waals surface area contributed by atoms with E-state index in [0.29, 0.717) is 11.4 Å². The summed E-state index contributed by atoms with van der Waals surface area (Å²) in [6.07, 6.45) is 1.68. The van der Waals surface area contributed by atoms with Gasteiger partial charge in [-0.15, -0.1) is 6.58 Å². The molecule has 0 saturated carbocycles. The van der Waals surface area contributed by atoms with Crippen LogP contribution in [0.25, 0.3) is 0 Å². The molecule has 0 fully saturated rings. The van der Waals surface area contributed by atoms with Crippen molar-refractivity contribution in [1.82, 2.24) is 0 Å². The minimum absolute atomic E-state index is 0.0205. The van der Waals surface area contributed by atoms with Gasteiger partial charge in [0.2, 0.25) is 0 Å². The van der Waals surface area contributed by atoms with Gasteiger partial charge in [-0.05, 0) is 6.92 Å². The average Bonchev–Trinajstić information content (AvgIpc) is 2.21. The van der Waals surface area contributed by atoms with E-state index in [4.69, 9.17) is 10.5 Å². The minimum atomic E-state index is -0.401. The second-order valence-electron chi connectivity index (χ2n) is 3.24. The molecule has 0 aliphatic carbocycles. The molecule has 1 aromatic carbocycles. The monoisotopic (exact) mass is 210 g/mol. The van der Waals surface area contributed by atoms with E-state index in [1.807, 2.05) is 6.92 Å². The largest absolute Gasteiger partial charge is 0.495 e. The van der Waals surface area contributed by atoms with E-state index < -0.39 is 5.82 Å². The Labute approximate surface area is 88.7 Å². The van der Waals surface area contributed by atoms with E-state index in [1.54, 1.807) is 6.08 Å². The summed E-state index contributed by atoms with van der Waals surface area (Å²) in [5.41, 5.74) is 6.19. The normalized spacial score (nSPS) is 11.9. The van der Waals surface area contributed by atoms with Gasteiger partial charge in [-0.2, -0.15) is 0 Å². The first-order valence-electron chi connectivity index (χ1n) is 4.60. The van der Waals surface area contributed by atoms with Crippen LogP contribution in [-0.4, -0.2) is 13.2 Å². The van der Waals surface area contributed by atoms with Crippen molar-refractivity contribution in [2.45, 2.75) is 13.0 Å². The molecular formula is C11H15FN2O. The molecule has 82 valence electrons. The molecule has 1 unspecified atom stereocenters. The summed E-state index contributed by atoms with van der Waals surface area (Å²) in [5, 5.41) is 2.93. The fourth-order valence-corrected chi connectivity index (χ4v) is 1.16. The van der Waals surface area contributed by atoms with E-state index >= 15 is 0 Å². The summed E-state index contributed by atoms with van der Waals surface area (Å²) in [4.78, 5) is 0. The van der Waals surface area contributed by atoms with E-state index in [1.165, 1.54) is 19.2 Å². The molecule has 0 saturated heterocycles. The van der Waals surface area contributed by atoms with Crippen molar-refractivity contribution in [2.24, 2.45) is 0 Å². The van der Waals surface area contributed by atoms with Gasteiger partial charge >= 0.3 is 0 Å². The van der Waals surface area contributed by atoms with Crippen molar-refractivity contribution in [3.63, 3.8) is 0 Å². The molecule has 1 atom stereocenters. The lowest BCUT2D eigenvalue weighted by atomic mass is 10.2. The number of nitrogens with one attached hydrogen (secondary N) is 1. The molecule has 0 bridgehead atoms. The van der Waals surface area contributed by atoms with Gasteiger partial charge in [-0.25, -0.2) is 4.39 Å². The quantitative estimate of drug-likeness (QED) is 0.592. The molecule has 1 aromatic rings. The SMILES string of the molecule is C=CC(C)Nc1cc(OC)c(N)cc1F. The van der Waals surface area contributed by atoms with Crippen LogP contribution in [0.3, 0.4) is 0 Å². The molecule has 0 radical (unpaired) electrons. The van der Waals surface area contributed by atoms with Gasteiger partial charge in [0.05, 0.1) is 18.5 Å². The molecule has 3 N–H and O–H groups in total. The van der Waals surface area contributed by atoms with Crippen molar-refractivity contribution < 1.29 is 9.13 Å². The Balaban J connectivity index is 3.01. The summed E-state index contributed by atoms with van der Waals surface area (Å²) in [5.74, 6) is 0.0529. The summed E-state index contributed by atoms with van der Waals surface area (Å²) in [6, 6.07) is 2.74. The Morgan fingerprint density at radius 1 is 1.60 bits per heavy atom. The topological polar surface area (TPSA) is 47.3 Å². The highest BCUT2D eigenvalue weighted by Crippen LogP contribution is 2.28. The fourth-order valence-electron chi connectivity index (χ4n) is 1.16. The van der Waals surface area contributed by atoms with E-state index in [9.17, 15) is 4.39 Å². The summed E-state index contributed by atoms with van der Waals surface area (Å²) in [6.45, 7) is 5.48. The Bertz CT molecular complexity index is 366. The first kappa shape index (κ1) is 11.4. The minimum Gasteiger partial charge on any atom is -0.495 e. The number of hydrogen-bond donors (Lipinski definition) is 2. The lowest BCUT2D eigenvalue weighted by Crippen LogP contribution is -2.12. The van der Waals surface area contributed by atoms with Crippen LogP contribution in [0.5, 0.6) is 5.75 Å². The zero-order valence-electron chi connectivity index (χ0n) is 8.88. The average molecular weight is 210 g/mol. The number of halogens is 1. The molecule has 3 nitrogen and oxygen atoms in total. The highest BCUT2D eigenvalue weighted by atomic mass is 19.1. The lowest BCUT2D eigenvalue weighted by Gasteiger charge is -2.14. The molecule has 0 amide bonds. The highest BCUT2D eigenvalue weighted by molar-refractivity contribution is 5.62. The van der Waals surface area contributed by atoms with Gasteiger partial charge < -0.3 is 15.8 Å². The number of nitrogens with two attached hydrogens (primary N) is 1. The molecule has 0 aliphatic heterocycles. The third-order valence-corrected chi connectivity index (χ3v) is 2.06. The number of ether oxygens (including phenoxy) is 1.